The average Bonchev–Trinajstić information content (AvgIpc) is 3.43. The molecule has 1 saturated heterocycles. The number of likely N-dealkylation sites (N-methyl/N-ethyl adjacent to an activating group) is 1. The van der Waals surface area contributed by atoms with Crippen LogP contribution in [0.25, 0.3) is 16.1 Å². The molecular formula is C24H28N6S. The first-order valence-electron chi connectivity index (χ1n) is 10.7. The number of benzene rings is 1. The third-order valence-corrected chi connectivity index (χ3v) is 7.16. The number of aromatic nitrogens is 3. The lowest BCUT2D eigenvalue weighted by Gasteiger charge is -2.31. The van der Waals surface area contributed by atoms with Gasteiger partial charge in [-0.15, -0.1) is 11.3 Å². The van der Waals surface area contributed by atoms with Crippen LogP contribution in [0, 0.1) is 13.8 Å². The van der Waals surface area contributed by atoms with Gasteiger partial charge in [0.05, 0.1) is 29.3 Å². The number of rotatable bonds is 5. The van der Waals surface area contributed by atoms with Crippen LogP contribution in [-0.4, -0.2) is 57.4 Å². The van der Waals surface area contributed by atoms with Gasteiger partial charge in [-0.05, 0) is 44.2 Å². The Kier molecular flexibility index (Phi) is 5.48. The zero-order valence-electron chi connectivity index (χ0n) is 18.3. The van der Waals surface area contributed by atoms with Crippen molar-refractivity contribution in [2.75, 3.05) is 38.5 Å². The normalized spacial score (nSPS) is 15.6. The van der Waals surface area contributed by atoms with Crippen LogP contribution in [0.2, 0.25) is 0 Å². The number of aryl methyl sites for hydroxylation is 2. The van der Waals surface area contributed by atoms with Gasteiger partial charge in [-0.25, -0.2) is 9.97 Å². The van der Waals surface area contributed by atoms with Gasteiger partial charge in [0.15, 0.2) is 5.82 Å². The maximum atomic E-state index is 4.79. The second-order valence-corrected chi connectivity index (χ2v) is 9.55. The predicted octanol–water partition coefficient (Wildman–Crippen LogP) is 4.57. The van der Waals surface area contributed by atoms with Gasteiger partial charge in [-0.1, -0.05) is 18.2 Å². The molecule has 4 aromatic rings. The highest BCUT2D eigenvalue weighted by Gasteiger charge is 2.16. The Morgan fingerprint density at radius 2 is 1.77 bits per heavy atom. The molecule has 1 N–H and O–H groups in total. The summed E-state index contributed by atoms with van der Waals surface area (Å²) in [5.41, 5.74) is 5.57. The van der Waals surface area contributed by atoms with Crippen molar-refractivity contribution in [3.05, 3.63) is 65.1 Å². The van der Waals surface area contributed by atoms with E-state index in [-0.39, 0.29) is 0 Å². The molecule has 0 radical (unpaired) electrons. The first-order valence-corrected chi connectivity index (χ1v) is 11.5. The topological polar surface area (TPSA) is 48.7 Å². The highest BCUT2D eigenvalue weighted by molar-refractivity contribution is 7.15. The molecule has 0 spiro atoms. The molecule has 0 aliphatic carbocycles. The minimum absolute atomic E-state index is 0.827. The van der Waals surface area contributed by atoms with Gasteiger partial charge in [0.25, 0.3) is 0 Å². The molecule has 4 heterocycles. The van der Waals surface area contributed by atoms with Gasteiger partial charge in [0.2, 0.25) is 0 Å². The number of para-hydroxylation sites is 1. The van der Waals surface area contributed by atoms with E-state index >= 15 is 0 Å². The molecule has 6 nitrogen and oxygen atoms in total. The largest absolute Gasteiger partial charge is 0.338 e. The molecule has 5 rings (SSSR count). The molecule has 1 fully saturated rings. The fraction of sp³-hybridized carbons (Fsp3) is 0.333. The summed E-state index contributed by atoms with van der Waals surface area (Å²) in [4.78, 5) is 16.8. The average molecular weight is 433 g/mol. The Balaban J connectivity index is 1.41. The second-order valence-electron chi connectivity index (χ2n) is 8.38. The van der Waals surface area contributed by atoms with E-state index in [0.29, 0.717) is 0 Å². The molecule has 0 bridgehead atoms. The Bertz CT molecular complexity index is 1180. The van der Waals surface area contributed by atoms with Gasteiger partial charge in [-0.3, -0.25) is 9.30 Å². The van der Waals surface area contributed by atoms with Crippen LogP contribution in [0.3, 0.4) is 0 Å². The zero-order valence-corrected chi connectivity index (χ0v) is 19.1. The lowest BCUT2D eigenvalue weighted by atomic mass is 10.1. The minimum atomic E-state index is 0.827. The fourth-order valence-electron chi connectivity index (χ4n) is 4.15. The van der Waals surface area contributed by atoms with Crippen LogP contribution in [0.1, 0.15) is 16.0 Å². The predicted molar refractivity (Wildman–Crippen MR) is 128 cm³/mol. The first-order chi connectivity index (χ1) is 15.1. The van der Waals surface area contributed by atoms with Crippen molar-refractivity contribution < 1.29 is 0 Å². The van der Waals surface area contributed by atoms with E-state index in [0.717, 1.165) is 55.4 Å². The number of fused-ring (bicyclic) bond motifs is 1. The molecule has 7 heteroatoms. The number of nitrogens with zero attached hydrogens (tertiary/aromatic N) is 5. The maximum absolute atomic E-state index is 4.79. The summed E-state index contributed by atoms with van der Waals surface area (Å²) in [7, 11) is 2.20. The number of hydrogen-bond acceptors (Lipinski definition) is 6. The van der Waals surface area contributed by atoms with Gasteiger partial charge < -0.3 is 10.2 Å². The molecule has 0 unspecified atom stereocenters. The quantitative estimate of drug-likeness (QED) is 0.501. The van der Waals surface area contributed by atoms with Crippen molar-refractivity contribution >= 4 is 28.4 Å². The third-order valence-electron chi connectivity index (χ3n) is 6.07. The molecule has 3 aromatic heterocycles. The van der Waals surface area contributed by atoms with Gasteiger partial charge in [0, 0.05) is 43.3 Å². The van der Waals surface area contributed by atoms with Crippen LogP contribution in [0.15, 0.2) is 49.1 Å². The molecular weight excluding hydrogens is 404 g/mol. The summed E-state index contributed by atoms with van der Waals surface area (Å²) >= 11 is 1.85. The van der Waals surface area contributed by atoms with E-state index < -0.39 is 0 Å². The minimum Gasteiger partial charge on any atom is -0.338 e. The number of nitrogens with one attached hydrogen (secondary N) is 1. The van der Waals surface area contributed by atoms with E-state index in [1.165, 1.54) is 20.9 Å². The number of thiophene rings is 1. The summed E-state index contributed by atoms with van der Waals surface area (Å²) in [6.45, 7) is 9.81. The van der Waals surface area contributed by atoms with Crippen molar-refractivity contribution in [2.24, 2.45) is 0 Å². The Hall–Kier alpha value is -2.74. The van der Waals surface area contributed by atoms with Crippen molar-refractivity contribution in [1.29, 1.82) is 0 Å². The third kappa shape index (κ3) is 4.08. The van der Waals surface area contributed by atoms with E-state index in [2.05, 4.69) is 75.7 Å². The van der Waals surface area contributed by atoms with Gasteiger partial charge >= 0.3 is 0 Å². The summed E-state index contributed by atoms with van der Waals surface area (Å²) < 4.78 is 2.13. The highest BCUT2D eigenvalue weighted by atomic mass is 32.1. The Labute approximate surface area is 187 Å². The smallest absolute Gasteiger partial charge is 0.156 e. The number of anilines is 2. The number of piperazine rings is 1. The zero-order chi connectivity index (χ0) is 21.4. The lowest BCUT2D eigenvalue weighted by Crippen LogP contribution is -2.43. The molecule has 1 aromatic carbocycles. The summed E-state index contributed by atoms with van der Waals surface area (Å²) in [5.74, 6) is 0.827. The molecule has 0 atom stereocenters. The van der Waals surface area contributed by atoms with Crippen LogP contribution >= 0.6 is 11.3 Å². The monoisotopic (exact) mass is 432 g/mol. The SMILES string of the molecule is Cc1cccc(C)c1Nc1ncc(-c2ccc(CN3CCN(C)CC3)s2)n2cncc12. The van der Waals surface area contributed by atoms with Gasteiger partial charge in [-0.2, -0.15) is 0 Å². The molecule has 1 aliphatic heterocycles. The van der Waals surface area contributed by atoms with Crippen LogP contribution < -0.4 is 5.32 Å². The molecule has 31 heavy (non-hydrogen) atoms. The van der Waals surface area contributed by atoms with Gasteiger partial charge in [0.1, 0.15) is 5.52 Å². The van der Waals surface area contributed by atoms with Crippen molar-refractivity contribution in [1.82, 2.24) is 24.2 Å². The lowest BCUT2D eigenvalue weighted by molar-refractivity contribution is 0.149. The fourth-order valence-corrected chi connectivity index (χ4v) is 5.21. The van der Waals surface area contributed by atoms with Crippen LogP contribution in [0.4, 0.5) is 11.5 Å². The van der Waals surface area contributed by atoms with Crippen molar-refractivity contribution in [3.8, 4) is 10.6 Å². The molecule has 1 aliphatic rings. The molecule has 0 amide bonds. The molecule has 160 valence electrons. The van der Waals surface area contributed by atoms with Crippen LogP contribution in [0.5, 0.6) is 0 Å². The van der Waals surface area contributed by atoms with Crippen molar-refractivity contribution in [2.45, 2.75) is 20.4 Å². The number of imidazole rings is 1. The standard InChI is InChI=1S/C24H28N6S/c1-17-5-4-6-18(2)23(17)27-24-21-13-25-16-30(21)20(14-26-24)22-8-7-19(31-22)15-29-11-9-28(3)10-12-29/h4-8,13-14,16H,9-12,15H2,1-3H3,(H,26,27). The first kappa shape index (κ1) is 20.2. The number of hydrogen-bond donors (Lipinski definition) is 1. The summed E-state index contributed by atoms with van der Waals surface area (Å²) in [6.07, 6.45) is 5.71. The highest BCUT2D eigenvalue weighted by Crippen LogP contribution is 2.32. The van der Waals surface area contributed by atoms with E-state index in [9.17, 15) is 0 Å². The van der Waals surface area contributed by atoms with Crippen LogP contribution in [-0.2, 0) is 6.54 Å². The van der Waals surface area contributed by atoms with Crippen molar-refractivity contribution in [3.63, 3.8) is 0 Å². The second kappa shape index (κ2) is 8.42. The van der Waals surface area contributed by atoms with E-state index in [1.807, 2.05) is 30.1 Å². The van der Waals surface area contributed by atoms with E-state index in [4.69, 9.17) is 4.98 Å². The molecule has 0 saturated carbocycles. The summed E-state index contributed by atoms with van der Waals surface area (Å²) in [5, 5.41) is 3.53. The Morgan fingerprint density at radius 1 is 1.00 bits per heavy atom. The van der Waals surface area contributed by atoms with E-state index in [1.54, 1.807) is 0 Å². The Morgan fingerprint density at radius 3 is 2.55 bits per heavy atom. The maximum Gasteiger partial charge on any atom is 0.156 e. The summed E-state index contributed by atoms with van der Waals surface area (Å²) in [6, 6.07) is 10.8.